The number of amidine groups is 1. The van der Waals surface area contributed by atoms with Gasteiger partial charge in [-0.2, -0.15) is 4.68 Å². The van der Waals surface area contributed by atoms with Crippen LogP contribution < -0.4 is 5.32 Å². The van der Waals surface area contributed by atoms with E-state index >= 15 is 0 Å². The predicted octanol–water partition coefficient (Wildman–Crippen LogP) is 4.00. The maximum Gasteiger partial charge on any atom is 0.335 e. The standard InChI is InChI=1S/C22H14N6O4S2/c29-19-17(33-21(24-19)23-14-6-4-5-13(11-14)20(30)31)12-16-9-10-18(32-16)34-22-25-26-27-28(22)15-7-2-1-3-8-15/h1-12H,(H,30,31)(H,23,24,29)/b17-12-. The molecule has 0 saturated carbocycles. The quantitative estimate of drug-likeness (QED) is 0.384. The van der Waals surface area contributed by atoms with Crippen LogP contribution in [0.5, 0.6) is 0 Å². The molecule has 12 heteroatoms. The monoisotopic (exact) mass is 490 g/mol. The number of hydrogen-bond donors (Lipinski definition) is 2. The van der Waals surface area contributed by atoms with Gasteiger partial charge >= 0.3 is 5.97 Å². The van der Waals surface area contributed by atoms with E-state index in [2.05, 4.69) is 25.8 Å². The molecule has 1 amide bonds. The Hall–Kier alpha value is -4.16. The van der Waals surface area contributed by atoms with E-state index in [-0.39, 0.29) is 11.5 Å². The highest BCUT2D eigenvalue weighted by Gasteiger charge is 2.24. The number of rotatable bonds is 6. The molecule has 1 aliphatic rings. The lowest BCUT2D eigenvalue weighted by molar-refractivity contribution is -0.115. The number of carbonyl (C=O) groups is 2. The number of carboxylic acids is 1. The number of furan rings is 1. The van der Waals surface area contributed by atoms with Gasteiger partial charge in [-0.05, 0) is 76.4 Å². The average molecular weight is 491 g/mol. The van der Waals surface area contributed by atoms with Crippen molar-refractivity contribution in [3.8, 4) is 5.69 Å². The van der Waals surface area contributed by atoms with E-state index in [1.54, 1.807) is 35.0 Å². The van der Waals surface area contributed by atoms with Crippen molar-refractivity contribution in [2.45, 2.75) is 10.2 Å². The largest absolute Gasteiger partial charge is 0.478 e. The molecule has 5 rings (SSSR count). The zero-order valence-electron chi connectivity index (χ0n) is 17.2. The number of para-hydroxylation sites is 1. The van der Waals surface area contributed by atoms with E-state index in [1.165, 1.54) is 23.9 Å². The normalized spacial score (nSPS) is 15.7. The third-order valence-corrected chi connectivity index (χ3v) is 6.25. The van der Waals surface area contributed by atoms with Crippen LogP contribution in [0.1, 0.15) is 16.1 Å². The smallest absolute Gasteiger partial charge is 0.335 e. The van der Waals surface area contributed by atoms with Gasteiger partial charge in [0.25, 0.3) is 5.91 Å². The molecule has 0 unspecified atom stereocenters. The zero-order valence-corrected chi connectivity index (χ0v) is 18.8. The Morgan fingerprint density at radius 1 is 1.15 bits per heavy atom. The second kappa shape index (κ2) is 9.37. The summed E-state index contributed by atoms with van der Waals surface area (Å²) in [5.41, 5.74) is 1.37. The first kappa shape index (κ1) is 21.7. The van der Waals surface area contributed by atoms with Gasteiger partial charge in [0.15, 0.2) is 10.3 Å². The van der Waals surface area contributed by atoms with Crippen LogP contribution in [-0.2, 0) is 4.79 Å². The van der Waals surface area contributed by atoms with Crippen molar-refractivity contribution in [3.63, 3.8) is 0 Å². The molecule has 0 aliphatic carbocycles. The zero-order chi connectivity index (χ0) is 23.5. The second-order valence-corrected chi connectivity index (χ2v) is 8.81. The SMILES string of the molecule is O=C1NC(=Nc2cccc(C(=O)O)c2)S/C1=C\c1ccc(Sc2nnnn2-c2ccccc2)o1. The van der Waals surface area contributed by atoms with Crippen LogP contribution in [0.2, 0.25) is 0 Å². The number of nitrogens with zero attached hydrogens (tertiary/aromatic N) is 5. The van der Waals surface area contributed by atoms with E-state index in [0.717, 1.165) is 17.4 Å². The molecule has 4 aromatic rings. The summed E-state index contributed by atoms with van der Waals surface area (Å²) in [6.45, 7) is 0. The molecule has 2 N–H and O–H groups in total. The number of aromatic nitrogens is 4. The lowest BCUT2D eigenvalue weighted by Gasteiger charge is -2.01. The highest BCUT2D eigenvalue weighted by atomic mass is 32.2. The van der Waals surface area contributed by atoms with Crippen LogP contribution >= 0.6 is 23.5 Å². The van der Waals surface area contributed by atoms with Crippen LogP contribution in [0, 0.1) is 0 Å². The Labute approximate surface area is 200 Å². The Kier molecular flexibility index (Phi) is 5.97. The number of tetrazole rings is 1. The average Bonchev–Trinajstić information content (AvgIpc) is 3.56. The minimum absolute atomic E-state index is 0.117. The fraction of sp³-hybridized carbons (Fsp3) is 0. The molecule has 0 spiro atoms. The van der Waals surface area contributed by atoms with Gasteiger partial charge in [0, 0.05) is 6.08 Å². The fourth-order valence-electron chi connectivity index (χ4n) is 2.97. The highest BCUT2D eigenvalue weighted by molar-refractivity contribution is 8.18. The van der Waals surface area contributed by atoms with E-state index in [9.17, 15) is 9.59 Å². The number of amides is 1. The topological polar surface area (TPSA) is 136 Å². The number of thioether (sulfide) groups is 1. The van der Waals surface area contributed by atoms with Crippen molar-refractivity contribution in [1.29, 1.82) is 0 Å². The molecule has 2 aromatic heterocycles. The summed E-state index contributed by atoms with van der Waals surface area (Å²) in [4.78, 5) is 28.2. The van der Waals surface area contributed by atoms with Crippen LogP contribution in [-0.4, -0.2) is 42.4 Å². The van der Waals surface area contributed by atoms with Crippen LogP contribution in [0.15, 0.2) is 91.3 Å². The van der Waals surface area contributed by atoms with Crippen LogP contribution in [0.25, 0.3) is 11.8 Å². The molecule has 10 nitrogen and oxygen atoms in total. The van der Waals surface area contributed by atoms with Gasteiger partial charge in [-0.1, -0.05) is 24.3 Å². The Morgan fingerprint density at radius 2 is 2.00 bits per heavy atom. The minimum atomic E-state index is -1.05. The first-order chi connectivity index (χ1) is 16.5. The number of benzene rings is 2. The van der Waals surface area contributed by atoms with E-state index in [4.69, 9.17) is 9.52 Å². The Morgan fingerprint density at radius 3 is 2.82 bits per heavy atom. The molecule has 34 heavy (non-hydrogen) atoms. The maximum absolute atomic E-state index is 12.4. The summed E-state index contributed by atoms with van der Waals surface area (Å²) >= 11 is 2.39. The Bertz CT molecular complexity index is 1440. The molecule has 0 bridgehead atoms. The van der Waals surface area contributed by atoms with Gasteiger partial charge in [0.2, 0.25) is 5.16 Å². The van der Waals surface area contributed by atoms with Crippen molar-refractivity contribution in [2.75, 3.05) is 0 Å². The number of carboxylic acid groups (broad SMARTS) is 1. The highest BCUT2D eigenvalue weighted by Crippen LogP contribution is 2.32. The van der Waals surface area contributed by atoms with Gasteiger partial charge in [0.05, 0.1) is 21.8 Å². The molecule has 1 saturated heterocycles. The van der Waals surface area contributed by atoms with Gasteiger partial charge in [-0.15, -0.1) is 5.10 Å². The third kappa shape index (κ3) is 4.77. The minimum Gasteiger partial charge on any atom is -0.478 e. The van der Waals surface area contributed by atoms with Gasteiger partial charge in [-0.3, -0.25) is 4.79 Å². The predicted molar refractivity (Wildman–Crippen MR) is 126 cm³/mol. The van der Waals surface area contributed by atoms with Gasteiger partial charge in [0.1, 0.15) is 5.76 Å². The third-order valence-electron chi connectivity index (χ3n) is 4.48. The summed E-state index contributed by atoms with van der Waals surface area (Å²) < 4.78 is 7.44. The second-order valence-electron chi connectivity index (χ2n) is 6.80. The molecule has 168 valence electrons. The maximum atomic E-state index is 12.4. The van der Waals surface area contributed by atoms with E-state index in [1.807, 2.05) is 30.3 Å². The van der Waals surface area contributed by atoms with Gasteiger partial charge in [-0.25, -0.2) is 9.79 Å². The molecule has 1 fully saturated rings. The number of nitrogens with one attached hydrogen (secondary N) is 1. The summed E-state index contributed by atoms with van der Waals surface area (Å²) in [7, 11) is 0. The summed E-state index contributed by atoms with van der Waals surface area (Å²) in [6, 6.07) is 19.2. The van der Waals surface area contributed by atoms with Crippen molar-refractivity contribution in [3.05, 3.63) is 83.0 Å². The molecular weight excluding hydrogens is 476 g/mol. The molecule has 0 radical (unpaired) electrons. The number of hydrogen-bond acceptors (Lipinski definition) is 9. The first-order valence-corrected chi connectivity index (χ1v) is 11.4. The number of aliphatic imine (C=N–C) groups is 1. The summed E-state index contributed by atoms with van der Waals surface area (Å²) in [5.74, 6) is -0.889. The molecule has 3 heterocycles. The van der Waals surface area contributed by atoms with Crippen molar-refractivity contribution in [2.24, 2.45) is 4.99 Å². The van der Waals surface area contributed by atoms with E-state index < -0.39 is 5.97 Å². The van der Waals surface area contributed by atoms with E-state index in [0.29, 0.717) is 31.8 Å². The van der Waals surface area contributed by atoms with Crippen LogP contribution in [0.4, 0.5) is 5.69 Å². The Balaban J connectivity index is 1.31. The summed E-state index contributed by atoms with van der Waals surface area (Å²) in [5, 5.41) is 25.0. The first-order valence-electron chi connectivity index (χ1n) is 9.79. The summed E-state index contributed by atoms with van der Waals surface area (Å²) in [6.07, 6.45) is 1.61. The number of carbonyl (C=O) groups excluding carboxylic acids is 1. The molecule has 2 aromatic carbocycles. The number of aromatic carboxylic acids is 1. The molecular formula is C22H14N6O4S2. The lowest BCUT2D eigenvalue weighted by Crippen LogP contribution is -2.19. The lowest BCUT2D eigenvalue weighted by atomic mass is 10.2. The molecule has 1 aliphatic heterocycles. The van der Waals surface area contributed by atoms with Crippen molar-refractivity contribution < 1.29 is 19.1 Å². The van der Waals surface area contributed by atoms with Crippen molar-refractivity contribution in [1.82, 2.24) is 25.5 Å². The van der Waals surface area contributed by atoms with Crippen LogP contribution in [0.3, 0.4) is 0 Å². The van der Waals surface area contributed by atoms with Gasteiger partial charge < -0.3 is 14.8 Å². The fourth-order valence-corrected chi connectivity index (χ4v) is 4.55. The molecule has 0 atom stereocenters. The van der Waals surface area contributed by atoms with Crippen molar-refractivity contribution >= 4 is 52.3 Å².